The Balaban J connectivity index is 2.10. The second-order valence-electron chi connectivity index (χ2n) is 5.17. The van der Waals surface area contributed by atoms with Crippen molar-refractivity contribution in [3.63, 3.8) is 0 Å². The fourth-order valence-corrected chi connectivity index (χ4v) is 2.19. The van der Waals surface area contributed by atoms with Gasteiger partial charge in [-0.1, -0.05) is 0 Å². The number of nitrogens with two attached hydrogens (primary N) is 1. The Morgan fingerprint density at radius 3 is 2.67 bits per heavy atom. The van der Waals surface area contributed by atoms with Gasteiger partial charge < -0.3 is 20.7 Å². The summed E-state index contributed by atoms with van der Waals surface area (Å²) in [5.41, 5.74) is 5.41. The molecule has 1 saturated heterocycles. The van der Waals surface area contributed by atoms with Crippen molar-refractivity contribution >= 4 is 5.91 Å². The SMILES string of the molecule is CC(C)NC(=O)CCN1CCC(OCCN)CC1. The number of piperidine rings is 1. The van der Waals surface area contributed by atoms with Crippen molar-refractivity contribution < 1.29 is 9.53 Å². The molecule has 0 unspecified atom stereocenters. The highest BCUT2D eigenvalue weighted by Crippen LogP contribution is 2.13. The van der Waals surface area contributed by atoms with Crippen LogP contribution in [0.1, 0.15) is 33.1 Å². The van der Waals surface area contributed by atoms with E-state index in [1.165, 1.54) is 0 Å². The molecule has 0 aliphatic carbocycles. The number of nitrogens with one attached hydrogen (secondary N) is 1. The zero-order chi connectivity index (χ0) is 13.4. The molecule has 1 rings (SSSR count). The summed E-state index contributed by atoms with van der Waals surface area (Å²) in [7, 11) is 0. The van der Waals surface area contributed by atoms with Crippen LogP contribution in [0.2, 0.25) is 0 Å². The lowest BCUT2D eigenvalue weighted by molar-refractivity contribution is -0.122. The van der Waals surface area contributed by atoms with Crippen molar-refractivity contribution in [1.82, 2.24) is 10.2 Å². The Bertz CT molecular complexity index is 238. The molecule has 0 saturated carbocycles. The van der Waals surface area contributed by atoms with Gasteiger partial charge >= 0.3 is 0 Å². The maximum Gasteiger partial charge on any atom is 0.221 e. The third kappa shape index (κ3) is 6.33. The van der Waals surface area contributed by atoms with Crippen LogP contribution in [0.25, 0.3) is 0 Å². The Labute approximate surface area is 110 Å². The van der Waals surface area contributed by atoms with Crippen molar-refractivity contribution in [1.29, 1.82) is 0 Å². The molecule has 0 aromatic heterocycles. The van der Waals surface area contributed by atoms with E-state index in [0.29, 0.717) is 25.7 Å². The predicted molar refractivity (Wildman–Crippen MR) is 72.4 cm³/mol. The average Bonchev–Trinajstić information content (AvgIpc) is 2.34. The maximum absolute atomic E-state index is 11.5. The van der Waals surface area contributed by atoms with Gasteiger partial charge in [0.1, 0.15) is 0 Å². The normalized spacial score (nSPS) is 18.2. The highest BCUT2D eigenvalue weighted by molar-refractivity contribution is 5.76. The van der Waals surface area contributed by atoms with Gasteiger partial charge in [-0.2, -0.15) is 0 Å². The van der Waals surface area contributed by atoms with Crippen LogP contribution in [-0.2, 0) is 9.53 Å². The predicted octanol–water partition coefficient (Wildman–Crippen LogP) is 0.341. The molecule has 18 heavy (non-hydrogen) atoms. The highest BCUT2D eigenvalue weighted by atomic mass is 16.5. The van der Waals surface area contributed by atoms with Gasteiger partial charge in [0.15, 0.2) is 0 Å². The summed E-state index contributed by atoms with van der Waals surface area (Å²) in [6.45, 7) is 8.10. The van der Waals surface area contributed by atoms with Gasteiger partial charge in [0.05, 0.1) is 12.7 Å². The van der Waals surface area contributed by atoms with Crippen LogP contribution < -0.4 is 11.1 Å². The molecule has 0 aromatic rings. The third-order valence-corrected chi connectivity index (χ3v) is 3.11. The zero-order valence-corrected chi connectivity index (χ0v) is 11.7. The van der Waals surface area contributed by atoms with Crippen LogP contribution in [0.5, 0.6) is 0 Å². The van der Waals surface area contributed by atoms with Crippen LogP contribution >= 0.6 is 0 Å². The van der Waals surface area contributed by atoms with E-state index in [-0.39, 0.29) is 11.9 Å². The molecular formula is C13H27N3O2. The summed E-state index contributed by atoms with van der Waals surface area (Å²) >= 11 is 0. The summed E-state index contributed by atoms with van der Waals surface area (Å²) in [5, 5.41) is 2.91. The zero-order valence-electron chi connectivity index (χ0n) is 11.7. The lowest BCUT2D eigenvalue weighted by Crippen LogP contribution is -2.40. The molecule has 0 atom stereocenters. The van der Waals surface area contributed by atoms with Gasteiger partial charge in [-0.25, -0.2) is 0 Å². The molecule has 0 bridgehead atoms. The van der Waals surface area contributed by atoms with E-state index in [1.54, 1.807) is 0 Å². The van der Waals surface area contributed by atoms with Gasteiger partial charge in [0.25, 0.3) is 0 Å². The summed E-state index contributed by atoms with van der Waals surface area (Å²) in [6.07, 6.45) is 3.04. The minimum Gasteiger partial charge on any atom is -0.377 e. The quantitative estimate of drug-likeness (QED) is 0.690. The number of likely N-dealkylation sites (tertiary alicyclic amines) is 1. The number of amides is 1. The molecular weight excluding hydrogens is 230 g/mol. The Morgan fingerprint density at radius 2 is 2.11 bits per heavy atom. The van der Waals surface area contributed by atoms with Crippen LogP contribution in [0.3, 0.4) is 0 Å². The fourth-order valence-electron chi connectivity index (χ4n) is 2.19. The first-order valence-electron chi connectivity index (χ1n) is 6.95. The number of ether oxygens (including phenoxy) is 1. The van der Waals surface area contributed by atoms with Crippen LogP contribution in [0.15, 0.2) is 0 Å². The molecule has 106 valence electrons. The van der Waals surface area contributed by atoms with E-state index in [0.717, 1.165) is 32.5 Å². The molecule has 0 radical (unpaired) electrons. The summed E-state index contributed by atoms with van der Waals surface area (Å²) in [6, 6.07) is 0.230. The number of nitrogens with zero attached hydrogens (tertiary/aromatic N) is 1. The standard InChI is InChI=1S/C13H27N3O2/c1-11(2)15-13(17)5-9-16-7-3-12(4-8-16)18-10-6-14/h11-12H,3-10,14H2,1-2H3,(H,15,17). The minimum atomic E-state index is 0.145. The summed E-state index contributed by atoms with van der Waals surface area (Å²) in [4.78, 5) is 13.9. The highest BCUT2D eigenvalue weighted by Gasteiger charge is 2.19. The van der Waals surface area contributed by atoms with E-state index in [1.807, 2.05) is 13.8 Å². The Morgan fingerprint density at radius 1 is 1.44 bits per heavy atom. The van der Waals surface area contributed by atoms with Crippen molar-refractivity contribution in [3.8, 4) is 0 Å². The van der Waals surface area contributed by atoms with Gasteiger partial charge in [-0.05, 0) is 26.7 Å². The summed E-state index contributed by atoms with van der Waals surface area (Å²) in [5.74, 6) is 0.145. The molecule has 1 heterocycles. The first kappa shape index (κ1) is 15.4. The number of rotatable bonds is 7. The molecule has 1 amide bonds. The molecule has 0 spiro atoms. The van der Waals surface area contributed by atoms with Gasteiger partial charge in [0.2, 0.25) is 5.91 Å². The monoisotopic (exact) mass is 257 g/mol. The van der Waals surface area contributed by atoms with Crippen molar-refractivity contribution in [2.24, 2.45) is 5.73 Å². The van der Waals surface area contributed by atoms with E-state index in [9.17, 15) is 4.79 Å². The van der Waals surface area contributed by atoms with Crippen LogP contribution in [0.4, 0.5) is 0 Å². The average molecular weight is 257 g/mol. The van der Waals surface area contributed by atoms with Crippen LogP contribution in [-0.4, -0.2) is 55.7 Å². The minimum absolute atomic E-state index is 0.145. The first-order chi connectivity index (χ1) is 8.61. The van der Waals surface area contributed by atoms with E-state index in [2.05, 4.69) is 10.2 Å². The largest absolute Gasteiger partial charge is 0.377 e. The molecule has 1 fully saturated rings. The maximum atomic E-state index is 11.5. The topological polar surface area (TPSA) is 67.6 Å². The van der Waals surface area contributed by atoms with E-state index in [4.69, 9.17) is 10.5 Å². The second-order valence-corrected chi connectivity index (χ2v) is 5.17. The smallest absolute Gasteiger partial charge is 0.221 e. The van der Waals surface area contributed by atoms with Gasteiger partial charge in [-0.3, -0.25) is 4.79 Å². The number of hydrogen-bond donors (Lipinski definition) is 2. The van der Waals surface area contributed by atoms with Crippen molar-refractivity contribution in [2.45, 2.75) is 45.3 Å². The molecule has 1 aliphatic rings. The Kier molecular flexibility index (Phi) is 7.23. The summed E-state index contributed by atoms with van der Waals surface area (Å²) < 4.78 is 5.63. The van der Waals surface area contributed by atoms with E-state index < -0.39 is 0 Å². The molecule has 5 heteroatoms. The second kappa shape index (κ2) is 8.45. The number of carbonyl (C=O) groups is 1. The van der Waals surface area contributed by atoms with Crippen molar-refractivity contribution in [3.05, 3.63) is 0 Å². The lowest BCUT2D eigenvalue weighted by atomic mass is 10.1. The van der Waals surface area contributed by atoms with Gasteiger partial charge in [0, 0.05) is 38.6 Å². The first-order valence-corrected chi connectivity index (χ1v) is 6.95. The van der Waals surface area contributed by atoms with Crippen LogP contribution in [0, 0.1) is 0 Å². The molecule has 1 aliphatic heterocycles. The number of carbonyl (C=O) groups excluding carboxylic acids is 1. The third-order valence-electron chi connectivity index (χ3n) is 3.11. The van der Waals surface area contributed by atoms with Gasteiger partial charge in [-0.15, -0.1) is 0 Å². The Hall–Kier alpha value is -0.650. The number of hydrogen-bond acceptors (Lipinski definition) is 4. The molecule has 3 N–H and O–H groups in total. The molecule has 5 nitrogen and oxygen atoms in total. The van der Waals surface area contributed by atoms with E-state index >= 15 is 0 Å². The van der Waals surface area contributed by atoms with Crippen molar-refractivity contribution in [2.75, 3.05) is 32.8 Å². The fraction of sp³-hybridized carbons (Fsp3) is 0.923. The lowest BCUT2D eigenvalue weighted by Gasteiger charge is -2.31. The molecule has 0 aromatic carbocycles.